The van der Waals surface area contributed by atoms with Gasteiger partial charge in [-0.1, -0.05) is 23.4 Å². The molecule has 0 radical (unpaired) electrons. The van der Waals surface area contributed by atoms with E-state index in [4.69, 9.17) is 9.94 Å². The monoisotopic (exact) mass is 248 g/mol. The first-order valence-corrected chi connectivity index (χ1v) is 5.92. The van der Waals surface area contributed by atoms with Crippen LogP contribution in [0.4, 0.5) is 10.5 Å². The van der Waals surface area contributed by atoms with Gasteiger partial charge < -0.3 is 9.94 Å². The molecule has 18 heavy (non-hydrogen) atoms. The zero-order valence-corrected chi connectivity index (χ0v) is 10.5. The Morgan fingerprint density at radius 3 is 2.83 bits per heavy atom. The second kappa shape index (κ2) is 5.08. The third-order valence-corrected chi connectivity index (χ3v) is 2.76. The molecule has 0 saturated carbocycles. The molecule has 1 aromatic carbocycles. The molecule has 0 bridgehead atoms. The van der Waals surface area contributed by atoms with Crippen molar-refractivity contribution in [3.63, 3.8) is 0 Å². The summed E-state index contributed by atoms with van der Waals surface area (Å²) in [6, 6.07) is 7.34. The highest BCUT2D eigenvalue weighted by Crippen LogP contribution is 2.27. The number of ether oxygens (including phenoxy) is 1. The van der Waals surface area contributed by atoms with Crippen LogP contribution in [-0.2, 0) is 4.74 Å². The summed E-state index contributed by atoms with van der Waals surface area (Å²) in [7, 11) is 0. The van der Waals surface area contributed by atoms with Gasteiger partial charge in [-0.2, -0.15) is 0 Å². The number of rotatable bonds is 1. The van der Waals surface area contributed by atoms with E-state index in [0.717, 1.165) is 11.3 Å². The van der Waals surface area contributed by atoms with E-state index in [1.165, 1.54) is 0 Å². The lowest BCUT2D eigenvalue weighted by Gasteiger charge is -2.29. The first kappa shape index (κ1) is 12.4. The molecule has 1 aliphatic rings. The number of nitrogens with zero attached hydrogens (tertiary/aromatic N) is 2. The number of benzene rings is 1. The molecule has 2 rings (SSSR count). The lowest BCUT2D eigenvalue weighted by molar-refractivity contribution is 0.122. The fourth-order valence-corrected chi connectivity index (χ4v) is 1.98. The summed E-state index contributed by atoms with van der Waals surface area (Å²) in [5.74, 6) is 0. The summed E-state index contributed by atoms with van der Waals surface area (Å²) in [5.41, 5.74) is 2.09. The molecule has 0 aliphatic carbocycles. The predicted octanol–water partition coefficient (Wildman–Crippen LogP) is 2.62. The maximum absolute atomic E-state index is 12.0. The van der Waals surface area contributed by atoms with Crippen molar-refractivity contribution in [3.05, 3.63) is 29.8 Å². The van der Waals surface area contributed by atoms with Crippen LogP contribution in [0.15, 0.2) is 29.4 Å². The Balaban J connectivity index is 2.33. The summed E-state index contributed by atoms with van der Waals surface area (Å²) in [6.45, 7) is 4.09. The number of para-hydroxylation sites is 1. The lowest BCUT2D eigenvalue weighted by atomic mass is 10.00. The Labute approximate surface area is 106 Å². The Morgan fingerprint density at radius 1 is 1.44 bits per heavy atom. The van der Waals surface area contributed by atoms with Gasteiger partial charge in [0.1, 0.15) is 0 Å². The van der Waals surface area contributed by atoms with E-state index in [2.05, 4.69) is 5.16 Å². The van der Waals surface area contributed by atoms with Crippen molar-refractivity contribution in [2.24, 2.45) is 5.16 Å². The second-order valence-corrected chi connectivity index (χ2v) is 4.40. The van der Waals surface area contributed by atoms with Gasteiger partial charge in [-0.25, -0.2) is 4.79 Å². The van der Waals surface area contributed by atoms with Crippen molar-refractivity contribution in [1.29, 1.82) is 0 Å². The summed E-state index contributed by atoms with van der Waals surface area (Å²) < 4.78 is 5.20. The van der Waals surface area contributed by atoms with Gasteiger partial charge in [0.25, 0.3) is 0 Å². The average Bonchev–Trinajstić information content (AvgIpc) is 2.36. The summed E-state index contributed by atoms with van der Waals surface area (Å²) in [5, 5.41) is 12.2. The maximum Gasteiger partial charge on any atom is 0.414 e. The van der Waals surface area contributed by atoms with E-state index in [0.29, 0.717) is 18.7 Å². The third kappa shape index (κ3) is 2.30. The molecule has 0 spiro atoms. The van der Waals surface area contributed by atoms with Crippen molar-refractivity contribution in [3.8, 4) is 0 Å². The number of carbonyl (C=O) groups is 1. The molecule has 0 saturated heterocycles. The fourth-order valence-electron chi connectivity index (χ4n) is 1.98. The van der Waals surface area contributed by atoms with Crippen LogP contribution in [0.3, 0.4) is 0 Å². The van der Waals surface area contributed by atoms with E-state index < -0.39 is 0 Å². The van der Waals surface area contributed by atoms with Gasteiger partial charge in [0.15, 0.2) is 0 Å². The molecule has 0 fully saturated rings. The number of anilines is 1. The van der Waals surface area contributed by atoms with Crippen LogP contribution < -0.4 is 4.90 Å². The minimum absolute atomic E-state index is 0.155. The summed E-state index contributed by atoms with van der Waals surface area (Å²) >= 11 is 0. The number of hydrogen-bond donors (Lipinski definition) is 1. The highest BCUT2D eigenvalue weighted by Gasteiger charge is 2.27. The Kier molecular flexibility index (Phi) is 3.50. The first-order chi connectivity index (χ1) is 8.63. The van der Waals surface area contributed by atoms with Crippen LogP contribution in [0, 0.1) is 0 Å². The molecule has 96 valence electrons. The van der Waals surface area contributed by atoms with Gasteiger partial charge in [-0.15, -0.1) is 0 Å². The van der Waals surface area contributed by atoms with Crippen LogP contribution >= 0.6 is 0 Å². The van der Waals surface area contributed by atoms with Gasteiger partial charge in [0, 0.05) is 18.5 Å². The Morgan fingerprint density at radius 2 is 2.17 bits per heavy atom. The fraction of sp³-hybridized carbons (Fsp3) is 0.385. The van der Waals surface area contributed by atoms with Crippen molar-refractivity contribution in [2.75, 3.05) is 11.4 Å². The molecule has 1 aromatic rings. The molecule has 1 aliphatic heterocycles. The second-order valence-electron chi connectivity index (χ2n) is 4.40. The topological polar surface area (TPSA) is 62.1 Å². The van der Waals surface area contributed by atoms with Crippen LogP contribution in [-0.4, -0.2) is 29.7 Å². The SMILES string of the molecule is CC(C)OC(=O)N1CCC(=NO)c2ccccc21. The largest absolute Gasteiger partial charge is 0.446 e. The number of carbonyl (C=O) groups excluding carboxylic acids is 1. The summed E-state index contributed by atoms with van der Waals surface area (Å²) in [6.07, 6.45) is -0.00670. The summed E-state index contributed by atoms with van der Waals surface area (Å²) in [4.78, 5) is 13.5. The molecule has 0 unspecified atom stereocenters. The van der Waals surface area contributed by atoms with Crippen molar-refractivity contribution in [2.45, 2.75) is 26.4 Å². The molecule has 1 N–H and O–H groups in total. The van der Waals surface area contributed by atoms with Crippen LogP contribution in [0.1, 0.15) is 25.8 Å². The zero-order valence-electron chi connectivity index (χ0n) is 10.5. The van der Waals surface area contributed by atoms with Gasteiger partial charge >= 0.3 is 6.09 Å². The van der Waals surface area contributed by atoms with E-state index in [9.17, 15) is 4.79 Å². The van der Waals surface area contributed by atoms with Crippen LogP contribution in [0.5, 0.6) is 0 Å². The van der Waals surface area contributed by atoms with Gasteiger partial charge in [-0.3, -0.25) is 4.90 Å². The van der Waals surface area contributed by atoms with Crippen molar-refractivity contribution in [1.82, 2.24) is 0 Å². The third-order valence-electron chi connectivity index (χ3n) is 2.76. The predicted molar refractivity (Wildman–Crippen MR) is 68.3 cm³/mol. The molecule has 1 heterocycles. The maximum atomic E-state index is 12.0. The van der Waals surface area contributed by atoms with E-state index in [1.54, 1.807) is 4.90 Å². The average molecular weight is 248 g/mol. The first-order valence-electron chi connectivity index (χ1n) is 5.92. The van der Waals surface area contributed by atoms with Gasteiger partial charge in [-0.05, 0) is 19.9 Å². The lowest BCUT2D eigenvalue weighted by Crippen LogP contribution is -2.39. The van der Waals surface area contributed by atoms with E-state index in [1.807, 2.05) is 38.1 Å². The molecule has 0 atom stereocenters. The Bertz CT molecular complexity index is 483. The van der Waals surface area contributed by atoms with Crippen LogP contribution in [0.25, 0.3) is 0 Å². The minimum atomic E-state index is -0.366. The molecular formula is C13H16N2O3. The molecule has 5 nitrogen and oxygen atoms in total. The van der Waals surface area contributed by atoms with Gasteiger partial charge in [0.05, 0.1) is 17.5 Å². The van der Waals surface area contributed by atoms with Crippen LogP contribution in [0.2, 0.25) is 0 Å². The quantitative estimate of drug-likeness (QED) is 0.613. The molecular weight excluding hydrogens is 232 g/mol. The minimum Gasteiger partial charge on any atom is -0.446 e. The number of hydrogen-bond acceptors (Lipinski definition) is 4. The van der Waals surface area contributed by atoms with E-state index in [-0.39, 0.29) is 12.2 Å². The van der Waals surface area contributed by atoms with Crippen molar-refractivity contribution >= 4 is 17.5 Å². The number of fused-ring (bicyclic) bond motifs is 1. The highest BCUT2D eigenvalue weighted by molar-refractivity contribution is 6.10. The number of oxime groups is 1. The normalized spacial score (nSPS) is 16.8. The van der Waals surface area contributed by atoms with Crippen molar-refractivity contribution < 1.29 is 14.7 Å². The Hall–Kier alpha value is -2.04. The van der Waals surface area contributed by atoms with Gasteiger partial charge in [0.2, 0.25) is 0 Å². The number of amides is 1. The molecule has 1 amide bonds. The van der Waals surface area contributed by atoms with E-state index >= 15 is 0 Å². The standard InChI is InChI=1S/C13H16N2O3/c1-9(2)18-13(16)15-8-7-11(14-17)10-5-3-4-6-12(10)15/h3-6,9,17H,7-8H2,1-2H3. The zero-order chi connectivity index (χ0) is 13.1. The highest BCUT2D eigenvalue weighted by atomic mass is 16.6. The molecule has 5 heteroatoms. The molecule has 0 aromatic heterocycles. The smallest absolute Gasteiger partial charge is 0.414 e.